The minimum absolute atomic E-state index is 0.00802. The molecule has 7 heteroatoms. The molecule has 1 aromatic carbocycles. The van der Waals surface area contributed by atoms with Gasteiger partial charge in [0.25, 0.3) is 0 Å². The van der Waals surface area contributed by atoms with E-state index in [0.717, 1.165) is 11.1 Å². The molecular formula is C13H19N3O3S. The van der Waals surface area contributed by atoms with E-state index in [1.165, 1.54) is 0 Å². The molecule has 1 aromatic heterocycles. The first-order chi connectivity index (χ1) is 9.50. The second-order valence-electron chi connectivity index (χ2n) is 4.61. The topological polar surface area (TPSA) is 84.2 Å². The number of aromatic nitrogens is 1. The lowest BCUT2D eigenvalue weighted by atomic mass is 10.3. The van der Waals surface area contributed by atoms with Crippen molar-refractivity contribution in [2.24, 2.45) is 0 Å². The van der Waals surface area contributed by atoms with Crippen LogP contribution in [0, 0.1) is 0 Å². The van der Waals surface area contributed by atoms with Gasteiger partial charge in [-0.05, 0) is 26.0 Å². The average molecular weight is 297 g/mol. The summed E-state index contributed by atoms with van der Waals surface area (Å²) in [6.07, 6.45) is 0. The minimum atomic E-state index is -3.15. The van der Waals surface area contributed by atoms with Gasteiger partial charge in [0.2, 0.25) is 15.9 Å². The van der Waals surface area contributed by atoms with Gasteiger partial charge in [0.15, 0.2) is 5.58 Å². The second kappa shape index (κ2) is 6.34. The molecule has 0 aliphatic carbocycles. The molecule has 0 radical (unpaired) electrons. The molecule has 1 atom stereocenters. The van der Waals surface area contributed by atoms with Crippen LogP contribution in [0.3, 0.4) is 0 Å². The van der Waals surface area contributed by atoms with Crippen molar-refractivity contribution < 1.29 is 12.8 Å². The van der Waals surface area contributed by atoms with Crippen molar-refractivity contribution in [3.05, 3.63) is 30.2 Å². The van der Waals surface area contributed by atoms with Crippen molar-refractivity contribution in [2.75, 3.05) is 12.3 Å². The molecule has 2 rings (SSSR count). The van der Waals surface area contributed by atoms with Gasteiger partial charge in [0, 0.05) is 12.6 Å². The van der Waals surface area contributed by atoms with Crippen molar-refractivity contribution >= 4 is 21.1 Å². The average Bonchev–Trinajstić information content (AvgIpc) is 2.86. The van der Waals surface area contributed by atoms with Crippen molar-refractivity contribution in [3.63, 3.8) is 0 Å². The summed E-state index contributed by atoms with van der Waals surface area (Å²) >= 11 is 0. The number of oxazole rings is 1. The highest BCUT2D eigenvalue weighted by Gasteiger charge is 2.10. The Balaban J connectivity index is 1.85. The number of para-hydroxylation sites is 2. The van der Waals surface area contributed by atoms with Crippen LogP contribution in [0.2, 0.25) is 0 Å². The van der Waals surface area contributed by atoms with Crippen LogP contribution in [0.4, 0.5) is 0 Å². The number of nitrogens with zero attached hydrogens (tertiary/aromatic N) is 1. The van der Waals surface area contributed by atoms with Crippen LogP contribution in [0.25, 0.3) is 11.1 Å². The SMILES string of the molecule is CCS(=O)(=O)NCC(C)NCc1nc2ccccc2o1. The Kier molecular flexibility index (Phi) is 4.74. The zero-order valence-corrected chi connectivity index (χ0v) is 12.4. The molecule has 20 heavy (non-hydrogen) atoms. The zero-order chi connectivity index (χ0) is 14.6. The van der Waals surface area contributed by atoms with E-state index in [-0.39, 0.29) is 11.8 Å². The number of sulfonamides is 1. The van der Waals surface area contributed by atoms with Gasteiger partial charge in [-0.15, -0.1) is 0 Å². The molecule has 1 unspecified atom stereocenters. The lowest BCUT2D eigenvalue weighted by molar-refractivity contribution is 0.456. The summed E-state index contributed by atoms with van der Waals surface area (Å²) in [5.41, 5.74) is 1.58. The Morgan fingerprint density at radius 3 is 2.80 bits per heavy atom. The molecule has 0 saturated heterocycles. The maximum absolute atomic E-state index is 11.3. The molecule has 0 fully saturated rings. The van der Waals surface area contributed by atoms with Gasteiger partial charge in [-0.1, -0.05) is 12.1 Å². The first-order valence-corrected chi connectivity index (χ1v) is 8.20. The van der Waals surface area contributed by atoms with Gasteiger partial charge >= 0.3 is 0 Å². The Morgan fingerprint density at radius 2 is 2.10 bits per heavy atom. The van der Waals surface area contributed by atoms with E-state index in [9.17, 15) is 8.42 Å². The summed E-state index contributed by atoms with van der Waals surface area (Å²) in [5.74, 6) is 0.682. The largest absolute Gasteiger partial charge is 0.439 e. The molecular weight excluding hydrogens is 278 g/mol. The minimum Gasteiger partial charge on any atom is -0.439 e. The smallest absolute Gasteiger partial charge is 0.211 e. The van der Waals surface area contributed by atoms with Crippen molar-refractivity contribution in [3.8, 4) is 0 Å². The van der Waals surface area contributed by atoms with Gasteiger partial charge < -0.3 is 9.73 Å². The van der Waals surface area contributed by atoms with E-state index in [0.29, 0.717) is 19.0 Å². The fraction of sp³-hybridized carbons (Fsp3) is 0.462. The summed E-state index contributed by atoms with van der Waals surface area (Å²) in [6.45, 7) is 4.32. The number of hydrogen-bond acceptors (Lipinski definition) is 5. The molecule has 2 N–H and O–H groups in total. The maximum atomic E-state index is 11.3. The van der Waals surface area contributed by atoms with E-state index < -0.39 is 10.0 Å². The van der Waals surface area contributed by atoms with Crippen LogP contribution in [-0.2, 0) is 16.6 Å². The summed E-state index contributed by atoms with van der Waals surface area (Å²) < 4.78 is 30.8. The molecule has 6 nitrogen and oxygen atoms in total. The third kappa shape index (κ3) is 4.03. The standard InChI is InChI=1S/C13H19N3O3S/c1-3-20(17,18)15-8-10(2)14-9-13-16-11-6-4-5-7-12(11)19-13/h4-7,10,14-15H,3,8-9H2,1-2H3. The van der Waals surface area contributed by atoms with Crippen molar-refractivity contribution in [1.29, 1.82) is 0 Å². The Bertz CT molecular complexity index is 633. The van der Waals surface area contributed by atoms with E-state index in [1.54, 1.807) is 6.92 Å². The monoisotopic (exact) mass is 297 g/mol. The third-order valence-corrected chi connectivity index (χ3v) is 4.30. The lowest BCUT2D eigenvalue weighted by Gasteiger charge is -2.13. The van der Waals surface area contributed by atoms with Crippen LogP contribution in [-0.4, -0.2) is 31.7 Å². The molecule has 0 spiro atoms. The fourth-order valence-corrected chi connectivity index (χ4v) is 2.39. The predicted molar refractivity (Wildman–Crippen MR) is 77.8 cm³/mol. The normalized spacial score (nSPS) is 13.7. The van der Waals surface area contributed by atoms with Crippen molar-refractivity contribution in [2.45, 2.75) is 26.4 Å². The van der Waals surface area contributed by atoms with Crippen molar-refractivity contribution in [1.82, 2.24) is 15.0 Å². The van der Waals surface area contributed by atoms with E-state index in [1.807, 2.05) is 31.2 Å². The highest BCUT2D eigenvalue weighted by atomic mass is 32.2. The highest BCUT2D eigenvalue weighted by molar-refractivity contribution is 7.89. The summed E-state index contributed by atoms with van der Waals surface area (Å²) in [7, 11) is -3.15. The predicted octanol–water partition coefficient (Wildman–Crippen LogP) is 1.25. The number of nitrogens with one attached hydrogen (secondary N) is 2. The quantitative estimate of drug-likeness (QED) is 0.803. The second-order valence-corrected chi connectivity index (χ2v) is 6.70. The van der Waals surface area contributed by atoms with Gasteiger partial charge in [0.05, 0.1) is 12.3 Å². The van der Waals surface area contributed by atoms with Crippen LogP contribution < -0.4 is 10.0 Å². The van der Waals surface area contributed by atoms with Gasteiger partial charge in [-0.2, -0.15) is 0 Å². The number of benzene rings is 1. The highest BCUT2D eigenvalue weighted by Crippen LogP contribution is 2.14. The molecule has 0 aliphatic rings. The Morgan fingerprint density at radius 1 is 1.35 bits per heavy atom. The van der Waals surface area contributed by atoms with Crippen LogP contribution >= 0.6 is 0 Å². The molecule has 0 aliphatic heterocycles. The number of fused-ring (bicyclic) bond motifs is 1. The summed E-state index contributed by atoms with van der Waals surface area (Å²) in [5, 5.41) is 3.17. The van der Waals surface area contributed by atoms with Crippen LogP contribution in [0.15, 0.2) is 28.7 Å². The molecule has 0 bridgehead atoms. The number of hydrogen-bond donors (Lipinski definition) is 2. The molecule has 2 aromatic rings. The van der Waals surface area contributed by atoms with E-state index in [2.05, 4.69) is 15.0 Å². The van der Waals surface area contributed by atoms with Crippen LogP contribution in [0.1, 0.15) is 19.7 Å². The molecule has 0 amide bonds. The van der Waals surface area contributed by atoms with Gasteiger partial charge in [-0.25, -0.2) is 18.1 Å². The first kappa shape index (κ1) is 15.0. The third-order valence-electron chi connectivity index (χ3n) is 2.93. The Hall–Kier alpha value is -1.44. The van der Waals surface area contributed by atoms with Gasteiger partial charge in [0.1, 0.15) is 5.52 Å². The lowest BCUT2D eigenvalue weighted by Crippen LogP contribution is -2.39. The molecule has 0 saturated carbocycles. The Labute approximate surface area is 118 Å². The summed E-state index contributed by atoms with van der Waals surface area (Å²) in [6, 6.07) is 7.55. The van der Waals surface area contributed by atoms with Gasteiger partial charge in [-0.3, -0.25) is 0 Å². The summed E-state index contributed by atoms with van der Waals surface area (Å²) in [4.78, 5) is 4.34. The molecule has 1 heterocycles. The van der Waals surface area contributed by atoms with E-state index >= 15 is 0 Å². The maximum Gasteiger partial charge on any atom is 0.211 e. The first-order valence-electron chi connectivity index (χ1n) is 6.55. The molecule has 110 valence electrons. The van der Waals surface area contributed by atoms with Crippen LogP contribution in [0.5, 0.6) is 0 Å². The fourth-order valence-electron chi connectivity index (χ4n) is 1.68. The number of rotatable bonds is 7. The zero-order valence-electron chi connectivity index (χ0n) is 11.6. The van der Waals surface area contributed by atoms with E-state index in [4.69, 9.17) is 4.42 Å².